The molecule has 3 fully saturated rings. The van der Waals surface area contributed by atoms with Gasteiger partial charge in [-0.3, -0.25) is 0 Å². The molecule has 104 valence electrons. The lowest BCUT2D eigenvalue weighted by molar-refractivity contribution is -0.104. The van der Waals surface area contributed by atoms with Crippen molar-refractivity contribution in [2.75, 3.05) is 24.7 Å². The molecule has 0 bridgehead atoms. The SMILES string of the molecule is C1CCC(CC2CCOC3(CCSCC3)C2)NC1. The fourth-order valence-corrected chi connectivity index (χ4v) is 5.19. The van der Waals surface area contributed by atoms with E-state index in [0.717, 1.165) is 18.6 Å². The Bertz CT molecular complexity index is 254. The Morgan fingerprint density at radius 2 is 2.06 bits per heavy atom. The maximum atomic E-state index is 6.19. The van der Waals surface area contributed by atoms with Gasteiger partial charge in [0.25, 0.3) is 0 Å². The van der Waals surface area contributed by atoms with Gasteiger partial charge in [-0.2, -0.15) is 11.8 Å². The van der Waals surface area contributed by atoms with Crippen LogP contribution in [0.4, 0.5) is 0 Å². The summed E-state index contributed by atoms with van der Waals surface area (Å²) in [6.45, 7) is 2.26. The second-order valence-corrected chi connectivity index (χ2v) is 7.61. The number of hydrogen-bond donors (Lipinski definition) is 1. The average molecular weight is 269 g/mol. The van der Waals surface area contributed by atoms with Crippen molar-refractivity contribution in [3.8, 4) is 0 Å². The quantitative estimate of drug-likeness (QED) is 0.832. The number of thioether (sulfide) groups is 1. The molecule has 3 aliphatic heterocycles. The highest BCUT2D eigenvalue weighted by Gasteiger charge is 2.39. The van der Waals surface area contributed by atoms with Crippen molar-refractivity contribution >= 4 is 11.8 Å². The average Bonchev–Trinajstić information content (AvgIpc) is 2.41. The van der Waals surface area contributed by atoms with Gasteiger partial charge in [0.2, 0.25) is 0 Å². The van der Waals surface area contributed by atoms with E-state index in [1.165, 1.54) is 69.4 Å². The van der Waals surface area contributed by atoms with Gasteiger partial charge in [-0.05, 0) is 68.9 Å². The Morgan fingerprint density at radius 1 is 1.17 bits per heavy atom. The zero-order valence-electron chi connectivity index (χ0n) is 11.5. The summed E-state index contributed by atoms with van der Waals surface area (Å²) in [5.41, 5.74) is 0.281. The van der Waals surface area contributed by atoms with Crippen molar-refractivity contribution in [2.24, 2.45) is 5.92 Å². The van der Waals surface area contributed by atoms with E-state index in [-0.39, 0.29) is 5.60 Å². The lowest BCUT2D eigenvalue weighted by Crippen LogP contribution is -2.44. The van der Waals surface area contributed by atoms with Gasteiger partial charge in [0.15, 0.2) is 0 Å². The molecule has 3 aliphatic rings. The maximum absolute atomic E-state index is 6.19. The largest absolute Gasteiger partial charge is 0.375 e. The van der Waals surface area contributed by atoms with Crippen LogP contribution >= 0.6 is 11.8 Å². The Hall–Kier alpha value is 0.270. The third-order valence-corrected chi connectivity index (χ3v) is 6.01. The molecule has 0 aromatic heterocycles. The van der Waals surface area contributed by atoms with Crippen LogP contribution in [0.15, 0.2) is 0 Å². The summed E-state index contributed by atoms with van der Waals surface area (Å²) < 4.78 is 6.19. The fourth-order valence-electron chi connectivity index (χ4n) is 3.95. The van der Waals surface area contributed by atoms with Gasteiger partial charge in [0, 0.05) is 12.6 Å². The van der Waals surface area contributed by atoms with Gasteiger partial charge in [0.05, 0.1) is 5.60 Å². The summed E-state index contributed by atoms with van der Waals surface area (Å²) in [6.07, 6.45) is 10.9. The van der Waals surface area contributed by atoms with Crippen molar-refractivity contribution in [1.29, 1.82) is 0 Å². The molecule has 0 radical (unpaired) electrons. The van der Waals surface area contributed by atoms with Crippen LogP contribution in [-0.2, 0) is 4.74 Å². The zero-order chi connectivity index (χ0) is 12.3. The lowest BCUT2D eigenvalue weighted by Gasteiger charge is -2.44. The van der Waals surface area contributed by atoms with Gasteiger partial charge < -0.3 is 10.1 Å². The summed E-state index contributed by atoms with van der Waals surface area (Å²) in [4.78, 5) is 0. The first-order valence-corrected chi connectivity index (χ1v) is 8.97. The highest BCUT2D eigenvalue weighted by molar-refractivity contribution is 7.99. The summed E-state index contributed by atoms with van der Waals surface area (Å²) >= 11 is 2.11. The molecule has 0 aliphatic carbocycles. The molecule has 3 rings (SSSR count). The van der Waals surface area contributed by atoms with E-state index in [9.17, 15) is 0 Å². The minimum atomic E-state index is 0.281. The molecule has 0 saturated carbocycles. The second-order valence-electron chi connectivity index (χ2n) is 6.39. The zero-order valence-corrected chi connectivity index (χ0v) is 12.3. The van der Waals surface area contributed by atoms with E-state index in [0.29, 0.717) is 0 Å². The molecule has 1 N–H and O–H groups in total. The summed E-state index contributed by atoms with van der Waals surface area (Å²) in [5.74, 6) is 3.54. The van der Waals surface area contributed by atoms with Crippen molar-refractivity contribution in [2.45, 2.75) is 63.0 Å². The van der Waals surface area contributed by atoms with E-state index >= 15 is 0 Å². The van der Waals surface area contributed by atoms with Gasteiger partial charge in [-0.15, -0.1) is 0 Å². The Balaban J connectivity index is 1.52. The van der Waals surface area contributed by atoms with Crippen LogP contribution < -0.4 is 5.32 Å². The number of rotatable bonds is 2. The molecule has 2 atom stereocenters. The molecule has 3 heterocycles. The van der Waals surface area contributed by atoms with Gasteiger partial charge >= 0.3 is 0 Å². The third kappa shape index (κ3) is 3.23. The molecular weight excluding hydrogens is 242 g/mol. The molecule has 0 aromatic carbocycles. The smallest absolute Gasteiger partial charge is 0.0701 e. The van der Waals surface area contributed by atoms with Gasteiger partial charge in [0.1, 0.15) is 0 Å². The minimum Gasteiger partial charge on any atom is -0.375 e. The summed E-state index contributed by atoms with van der Waals surface area (Å²) in [5, 5.41) is 3.71. The van der Waals surface area contributed by atoms with Crippen molar-refractivity contribution in [3.05, 3.63) is 0 Å². The number of hydrogen-bond acceptors (Lipinski definition) is 3. The van der Waals surface area contributed by atoms with Crippen LogP contribution in [0.2, 0.25) is 0 Å². The fraction of sp³-hybridized carbons (Fsp3) is 1.00. The van der Waals surface area contributed by atoms with Gasteiger partial charge in [-0.1, -0.05) is 6.42 Å². The van der Waals surface area contributed by atoms with E-state index in [1.54, 1.807) is 0 Å². The van der Waals surface area contributed by atoms with Crippen LogP contribution in [-0.4, -0.2) is 36.3 Å². The number of ether oxygens (including phenoxy) is 1. The standard InChI is InChI=1S/C15H27NOS/c1-2-7-16-14(3-1)11-13-4-8-17-15(12-13)5-9-18-10-6-15/h13-14,16H,1-12H2. The predicted molar refractivity (Wildman–Crippen MR) is 78.2 cm³/mol. The highest BCUT2D eigenvalue weighted by Crippen LogP contribution is 2.41. The van der Waals surface area contributed by atoms with Crippen molar-refractivity contribution < 1.29 is 4.74 Å². The van der Waals surface area contributed by atoms with Crippen molar-refractivity contribution in [3.63, 3.8) is 0 Å². The Morgan fingerprint density at radius 3 is 2.83 bits per heavy atom. The molecule has 3 saturated heterocycles. The van der Waals surface area contributed by atoms with E-state index in [2.05, 4.69) is 17.1 Å². The number of piperidine rings is 1. The van der Waals surface area contributed by atoms with Crippen LogP contribution in [0.3, 0.4) is 0 Å². The first kappa shape index (κ1) is 13.3. The highest BCUT2D eigenvalue weighted by atomic mass is 32.2. The number of nitrogens with one attached hydrogen (secondary N) is 1. The monoisotopic (exact) mass is 269 g/mol. The molecule has 0 aromatic rings. The lowest BCUT2D eigenvalue weighted by atomic mass is 9.78. The Labute approximate surface area is 116 Å². The third-order valence-electron chi connectivity index (χ3n) is 5.03. The minimum absolute atomic E-state index is 0.281. The van der Waals surface area contributed by atoms with Crippen LogP contribution in [0.5, 0.6) is 0 Å². The van der Waals surface area contributed by atoms with Crippen LogP contribution in [0, 0.1) is 5.92 Å². The van der Waals surface area contributed by atoms with Crippen molar-refractivity contribution in [1.82, 2.24) is 5.32 Å². The topological polar surface area (TPSA) is 21.3 Å². The molecule has 2 unspecified atom stereocenters. The second kappa shape index (κ2) is 6.15. The molecule has 3 heteroatoms. The van der Waals surface area contributed by atoms with Gasteiger partial charge in [-0.25, -0.2) is 0 Å². The normalized spacial score (nSPS) is 36.7. The maximum Gasteiger partial charge on any atom is 0.0701 e. The summed E-state index contributed by atoms with van der Waals surface area (Å²) in [6, 6.07) is 0.803. The summed E-state index contributed by atoms with van der Waals surface area (Å²) in [7, 11) is 0. The first-order valence-electron chi connectivity index (χ1n) is 7.81. The predicted octanol–water partition coefficient (Wildman–Crippen LogP) is 3.21. The molecular formula is C15H27NOS. The first-order chi connectivity index (χ1) is 8.86. The van der Waals surface area contributed by atoms with Crippen LogP contribution in [0.25, 0.3) is 0 Å². The molecule has 18 heavy (non-hydrogen) atoms. The van der Waals surface area contributed by atoms with E-state index in [1.807, 2.05) is 0 Å². The van der Waals surface area contributed by atoms with Crippen LogP contribution in [0.1, 0.15) is 51.4 Å². The van der Waals surface area contributed by atoms with E-state index < -0.39 is 0 Å². The molecule has 0 amide bonds. The Kier molecular flexibility index (Phi) is 4.53. The molecule has 1 spiro atoms. The van der Waals surface area contributed by atoms with E-state index in [4.69, 9.17) is 4.74 Å². The molecule has 2 nitrogen and oxygen atoms in total.